The lowest BCUT2D eigenvalue weighted by atomic mass is 9.44. The molecule has 0 amide bonds. The van der Waals surface area contributed by atoms with Crippen molar-refractivity contribution < 1.29 is 14.3 Å². The maximum Gasteiger partial charge on any atom is 0.508 e. The van der Waals surface area contributed by atoms with Crippen molar-refractivity contribution in [2.45, 2.75) is 157 Å². The summed E-state index contributed by atoms with van der Waals surface area (Å²) in [5.74, 6) is 6.12. The van der Waals surface area contributed by atoms with Gasteiger partial charge in [0.2, 0.25) is 0 Å². The lowest BCUT2D eigenvalue weighted by Gasteiger charge is -2.61. The van der Waals surface area contributed by atoms with Gasteiger partial charge in [0, 0.05) is 0 Å². The third-order valence-electron chi connectivity index (χ3n) is 12.5. The van der Waals surface area contributed by atoms with Crippen LogP contribution in [0.25, 0.3) is 0 Å². The summed E-state index contributed by atoms with van der Waals surface area (Å²) in [5, 5.41) is 0. The second kappa shape index (κ2) is 13.3. The molecular weight excluding hydrogens is 468 g/mol. The Morgan fingerprint density at radius 2 is 1.55 bits per heavy atom. The van der Waals surface area contributed by atoms with Crippen molar-refractivity contribution in [2.75, 3.05) is 6.61 Å². The zero-order valence-corrected chi connectivity index (χ0v) is 26.1. The van der Waals surface area contributed by atoms with Crippen LogP contribution in [0.2, 0.25) is 0 Å². The largest absolute Gasteiger partial charge is 0.508 e. The van der Waals surface area contributed by atoms with Gasteiger partial charge in [0.15, 0.2) is 0 Å². The van der Waals surface area contributed by atoms with Crippen molar-refractivity contribution >= 4 is 6.16 Å². The fraction of sp³-hybridized carbons (Fsp3) is 0.971. The summed E-state index contributed by atoms with van der Waals surface area (Å²) in [6.07, 6.45) is 21.6. The molecule has 4 rings (SSSR count). The molecule has 0 spiro atoms. The van der Waals surface area contributed by atoms with Gasteiger partial charge < -0.3 is 9.47 Å². The molecule has 0 aromatic carbocycles. The van der Waals surface area contributed by atoms with Gasteiger partial charge >= 0.3 is 6.16 Å². The Morgan fingerprint density at radius 1 is 0.816 bits per heavy atom. The monoisotopic (exact) mass is 530 g/mol. The molecule has 4 aliphatic rings. The minimum absolute atomic E-state index is 0.0635. The van der Waals surface area contributed by atoms with E-state index in [0.29, 0.717) is 23.4 Å². The van der Waals surface area contributed by atoms with Crippen molar-refractivity contribution in [3.63, 3.8) is 0 Å². The molecule has 0 aromatic rings. The Balaban J connectivity index is 1.28. The Kier molecular flexibility index (Phi) is 10.6. The van der Waals surface area contributed by atoms with Crippen LogP contribution in [-0.4, -0.2) is 18.9 Å². The summed E-state index contributed by atoms with van der Waals surface area (Å²) in [7, 11) is 0. The Hall–Kier alpha value is -0.730. The minimum atomic E-state index is -0.421. The van der Waals surface area contributed by atoms with E-state index in [1.165, 1.54) is 83.5 Å². The molecule has 4 fully saturated rings. The maximum absolute atomic E-state index is 12.4. The molecule has 38 heavy (non-hydrogen) atoms. The summed E-state index contributed by atoms with van der Waals surface area (Å²) in [6, 6.07) is 0. The van der Waals surface area contributed by atoms with E-state index in [1.807, 2.05) is 0 Å². The van der Waals surface area contributed by atoms with E-state index >= 15 is 0 Å². The van der Waals surface area contributed by atoms with Gasteiger partial charge in [0.05, 0.1) is 6.61 Å². The number of carbonyl (C=O) groups excluding carboxylic acids is 1. The van der Waals surface area contributed by atoms with Crippen LogP contribution < -0.4 is 0 Å². The quantitative estimate of drug-likeness (QED) is 0.186. The first-order chi connectivity index (χ1) is 18.2. The van der Waals surface area contributed by atoms with Gasteiger partial charge in [-0.3, -0.25) is 0 Å². The van der Waals surface area contributed by atoms with E-state index in [2.05, 4.69) is 41.5 Å². The van der Waals surface area contributed by atoms with Crippen LogP contribution in [0.3, 0.4) is 0 Å². The van der Waals surface area contributed by atoms with Gasteiger partial charge in [-0.25, -0.2) is 4.79 Å². The van der Waals surface area contributed by atoms with Crippen molar-refractivity contribution in [3.05, 3.63) is 0 Å². The molecule has 3 nitrogen and oxygen atoms in total. The van der Waals surface area contributed by atoms with Crippen molar-refractivity contribution in [3.8, 4) is 0 Å². The van der Waals surface area contributed by atoms with Crippen LogP contribution in [0, 0.1) is 52.3 Å². The molecule has 0 saturated heterocycles. The number of carbonyl (C=O) groups is 1. The second-order valence-electron chi connectivity index (χ2n) is 15.2. The van der Waals surface area contributed by atoms with Crippen LogP contribution in [0.1, 0.15) is 151 Å². The van der Waals surface area contributed by atoms with Gasteiger partial charge in [0.25, 0.3) is 0 Å². The lowest BCUT2D eigenvalue weighted by Crippen LogP contribution is -2.54. The van der Waals surface area contributed by atoms with Crippen LogP contribution in [0.15, 0.2) is 0 Å². The first-order valence-electron chi connectivity index (χ1n) is 17.0. The van der Waals surface area contributed by atoms with Gasteiger partial charge in [-0.05, 0) is 116 Å². The van der Waals surface area contributed by atoms with E-state index in [9.17, 15) is 4.79 Å². The van der Waals surface area contributed by atoms with Gasteiger partial charge in [-0.2, -0.15) is 0 Å². The highest BCUT2D eigenvalue weighted by atomic mass is 16.7. The van der Waals surface area contributed by atoms with Gasteiger partial charge in [-0.15, -0.1) is 0 Å². The fourth-order valence-electron chi connectivity index (χ4n) is 10.4. The van der Waals surface area contributed by atoms with E-state index < -0.39 is 6.16 Å². The summed E-state index contributed by atoms with van der Waals surface area (Å²) >= 11 is 0. The van der Waals surface area contributed by atoms with Crippen molar-refractivity contribution in [2.24, 2.45) is 52.3 Å². The van der Waals surface area contributed by atoms with Crippen LogP contribution in [0.4, 0.5) is 4.79 Å². The molecule has 0 aromatic heterocycles. The average Bonchev–Trinajstić information content (AvgIpc) is 3.23. The molecule has 0 N–H and O–H groups in total. The smallest absolute Gasteiger partial charge is 0.434 e. The topological polar surface area (TPSA) is 35.5 Å². The summed E-state index contributed by atoms with van der Waals surface area (Å²) in [6.45, 7) is 15.4. The van der Waals surface area contributed by atoms with E-state index in [-0.39, 0.29) is 6.10 Å². The zero-order valence-electron chi connectivity index (χ0n) is 26.1. The van der Waals surface area contributed by atoms with Crippen LogP contribution in [0.5, 0.6) is 0 Å². The number of hydrogen-bond donors (Lipinski definition) is 0. The van der Waals surface area contributed by atoms with Crippen LogP contribution >= 0.6 is 0 Å². The molecular formula is C35H62O3. The first-order valence-corrected chi connectivity index (χ1v) is 17.0. The fourth-order valence-corrected chi connectivity index (χ4v) is 10.4. The molecule has 220 valence electrons. The van der Waals surface area contributed by atoms with E-state index in [1.54, 1.807) is 0 Å². The molecule has 0 heterocycles. The number of rotatable bonds is 12. The molecule has 0 aliphatic heterocycles. The lowest BCUT2D eigenvalue weighted by molar-refractivity contribution is -0.132. The SMILES string of the molecule is CCCCCCCOC(=O)O[C@H]1CC[C@@]2(C)[C@@H](CC[C@H]3[C@H]2CC[C@@]2(C)[C@@H]3CC[C@H]2[C@H](C)CCCC(C)C)C1. The molecule has 0 bridgehead atoms. The predicted octanol–water partition coefficient (Wildman–Crippen LogP) is 10.6. The highest BCUT2D eigenvalue weighted by molar-refractivity contribution is 5.60. The Bertz CT molecular complexity index is 747. The first kappa shape index (κ1) is 30.2. The number of ether oxygens (including phenoxy) is 2. The summed E-state index contributed by atoms with van der Waals surface area (Å²) in [5.41, 5.74) is 1.01. The van der Waals surface area contributed by atoms with Gasteiger partial charge in [0.1, 0.15) is 6.10 Å². The summed E-state index contributed by atoms with van der Waals surface area (Å²) < 4.78 is 11.3. The minimum Gasteiger partial charge on any atom is -0.434 e. The number of hydrogen-bond acceptors (Lipinski definition) is 3. The second-order valence-corrected chi connectivity index (χ2v) is 15.2. The van der Waals surface area contributed by atoms with Gasteiger partial charge in [-0.1, -0.05) is 86.5 Å². The molecule has 9 atom stereocenters. The molecule has 4 aliphatic carbocycles. The maximum atomic E-state index is 12.4. The molecule has 3 heteroatoms. The predicted molar refractivity (Wildman–Crippen MR) is 158 cm³/mol. The van der Waals surface area contributed by atoms with Crippen LogP contribution in [-0.2, 0) is 9.47 Å². The van der Waals surface area contributed by atoms with E-state index in [0.717, 1.165) is 61.2 Å². The third kappa shape index (κ3) is 6.59. The average molecular weight is 531 g/mol. The Morgan fingerprint density at radius 3 is 2.32 bits per heavy atom. The number of unbranched alkanes of at least 4 members (excludes halogenated alkanes) is 4. The zero-order chi connectivity index (χ0) is 27.3. The van der Waals surface area contributed by atoms with E-state index in [4.69, 9.17) is 9.47 Å². The summed E-state index contributed by atoms with van der Waals surface area (Å²) in [4.78, 5) is 12.4. The molecule has 4 saturated carbocycles. The normalized spacial score (nSPS) is 39.2. The molecule has 0 radical (unpaired) electrons. The van der Waals surface area contributed by atoms with Crippen molar-refractivity contribution in [1.29, 1.82) is 0 Å². The van der Waals surface area contributed by atoms with Crippen molar-refractivity contribution in [1.82, 2.24) is 0 Å². The standard InChI is InChI=1S/C35H62O3/c1-7-8-9-10-11-23-37-33(36)38-28-19-21-34(5)27(24-28)15-16-29-31-18-17-30(26(4)14-12-13-25(2)3)35(31,6)22-20-32(29)34/h25-32H,7-24H2,1-6H3/t26-,27+,28+,29-,30+,31-,32-,34+,35-/m1/s1. The highest BCUT2D eigenvalue weighted by Gasteiger charge is 2.60. The molecule has 0 unspecified atom stereocenters. The number of fused-ring (bicyclic) bond motifs is 5. The Labute approximate surface area is 236 Å². The highest BCUT2D eigenvalue weighted by Crippen LogP contribution is 2.68. The third-order valence-corrected chi connectivity index (χ3v) is 12.5.